The summed E-state index contributed by atoms with van der Waals surface area (Å²) in [5, 5.41) is 13.5. The summed E-state index contributed by atoms with van der Waals surface area (Å²) in [7, 11) is 0. The Labute approximate surface area is 173 Å². The van der Waals surface area contributed by atoms with Crippen molar-refractivity contribution < 1.29 is 19.2 Å². The van der Waals surface area contributed by atoms with E-state index in [-0.39, 0.29) is 15.8 Å². The molecule has 0 radical (unpaired) electrons. The maximum atomic E-state index is 12.5. The lowest BCUT2D eigenvalue weighted by Crippen LogP contribution is -2.19. The molecule has 0 saturated carbocycles. The number of hydrogen-bond donors (Lipinski definition) is 1. The molecule has 2 amide bonds. The van der Waals surface area contributed by atoms with E-state index in [1.54, 1.807) is 6.07 Å². The Bertz CT molecular complexity index is 1140. The van der Waals surface area contributed by atoms with Gasteiger partial charge in [0.25, 0.3) is 5.91 Å². The SMILES string of the molecule is CCOCCn1c(=NC(=O)c2ccc([N+](=O)[O-])s2)sc2cc(NC(C)=O)ccc21. The van der Waals surface area contributed by atoms with Crippen LogP contribution in [0.15, 0.2) is 35.3 Å². The minimum Gasteiger partial charge on any atom is -0.380 e. The Balaban J connectivity index is 2.03. The Hall–Kier alpha value is -2.89. The number of nitro groups is 1. The van der Waals surface area contributed by atoms with E-state index >= 15 is 0 Å². The van der Waals surface area contributed by atoms with Crippen molar-refractivity contribution in [3.8, 4) is 0 Å². The van der Waals surface area contributed by atoms with Crippen LogP contribution >= 0.6 is 22.7 Å². The molecule has 0 unspecified atom stereocenters. The first-order valence-electron chi connectivity index (χ1n) is 8.71. The van der Waals surface area contributed by atoms with Crippen LogP contribution in [0.1, 0.15) is 23.5 Å². The lowest BCUT2D eigenvalue weighted by molar-refractivity contribution is -0.380. The number of thiophene rings is 1. The third-order valence-electron chi connectivity index (χ3n) is 3.85. The van der Waals surface area contributed by atoms with Crippen LogP contribution in [0.3, 0.4) is 0 Å². The third-order valence-corrected chi connectivity index (χ3v) is 5.91. The Morgan fingerprint density at radius 1 is 1.28 bits per heavy atom. The number of hydrogen-bond acceptors (Lipinski definition) is 7. The molecule has 0 aliphatic carbocycles. The van der Waals surface area contributed by atoms with Crippen molar-refractivity contribution in [1.82, 2.24) is 4.57 Å². The second-order valence-electron chi connectivity index (χ2n) is 5.91. The second-order valence-corrected chi connectivity index (χ2v) is 7.98. The van der Waals surface area contributed by atoms with Gasteiger partial charge >= 0.3 is 5.00 Å². The van der Waals surface area contributed by atoms with Gasteiger partial charge in [0.2, 0.25) is 5.91 Å². The summed E-state index contributed by atoms with van der Waals surface area (Å²) in [6.45, 7) is 4.83. The van der Waals surface area contributed by atoms with Gasteiger partial charge in [-0.2, -0.15) is 4.99 Å². The second kappa shape index (κ2) is 9.07. The molecule has 3 rings (SSSR count). The highest BCUT2D eigenvalue weighted by Crippen LogP contribution is 2.25. The smallest absolute Gasteiger partial charge is 0.324 e. The molecular weight excluding hydrogens is 416 g/mol. The number of thiazole rings is 1. The van der Waals surface area contributed by atoms with Crippen molar-refractivity contribution in [2.45, 2.75) is 20.4 Å². The van der Waals surface area contributed by atoms with E-state index in [1.165, 1.54) is 30.4 Å². The molecule has 2 aromatic heterocycles. The number of anilines is 1. The van der Waals surface area contributed by atoms with Gasteiger partial charge in [0.15, 0.2) is 4.80 Å². The quantitative estimate of drug-likeness (QED) is 0.348. The summed E-state index contributed by atoms with van der Waals surface area (Å²) in [6, 6.07) is 8.14. The zero-order chi connectivity index (χ0) is 21.0. The minimum absolute atomic E-state index is 0.107. The maximum absolute atomic E-state index is 12.5. The standard InChI is InChI=1S/C18H18N4O5S2/c1-3-27-9-8-21-13-5-4-12(19-11(2)23)10-15(13)29-18(21)20-17(24)14-6-7-16(28-14)22(25)26/h4-7,10H,3,8-9H2,1-2H3,(H,19,23). The van der Waals surface area contributed by atoms with Gasteiger partial charge in [-0.15, -0.1) is 0 Å². The molecule has 0 atom stereocenters. The molecule has 0 spiro atoms. The molecule has 0 fully saturated rings. The number of fused-ring (bicyclic) bond motifs is 1. The first-order valence-corrected chi connectivity index (χ1v) is 10.3. The molecule has 0 saturated heterocycles. The van der Waals surface area contributed by atoms with Gasteiger partial charge in [-0.1, -0.05) is 22.7 Å². The summed E-state index contributed by atoms with van der Waals surface area (Å²) in [6.07, 6.45) is 0. The highest BCUT2D eigenvalue weighted by molar-refractivity contribution is 7.17. The van der Waals surface area contributed by atoms with E-state index in [1.807, 2.05) is 23.6 Å². The molecule has 0 aliphatic heterocycles. The average Bonchev–Trinajstić information content (AvgIpc) is 3.27. The van der Waals surface area contributed by atoms with Crippen LogP contribution < -0.4 is 10.1 Å². The molecule has 152 valence electrons. The zero-order valence-electron chi connectivity index (χ0n) is 15.7. The fourth-order valence-corrected chi connectivity index (χ4v) is 4.44. The number of amides is 2. The van der Waals surface area contributed by atoms with Crippen LogP contribution in [0.2, 0.25) is 0 Å². The normalized spacial score (nSPS) is 11.7. The molecule has 3 aromatic rings. The van der Waals surface area contributed by atoms with Gasteiger partial charge in [-0.3, -0.25) is 19.7 Å². The van der Waals surface area contributed by atoms with Gasteiger partial charge in [0.1, 0.15) is 4.88 Å². The summed E-state index contributed by atoms with van der Waals surface area (Å²) >= 11 is 2.09. The number of carbonyl (C=O) groups excluding carboxylic acids is 2. The van der Waals surface area contributed by atoms with Crippen LogP contribution in [0.4, 0.5) is 10.7 Å². The number of nitrogens with zero attached hydrogens (tertiary/aromatic N) is 3. The van der Waals surface area contributed by atoms with Crippen molar-refractivity contribution >= 4 is 55.4 Å². The molecule has 11 heteroatoms. The van der Waals surface area contributed by atoms with Crippen molar-refractivity contribution in [3.63, 3.8) is 0 Å². The summed E-state index contributed by atoms with van der Waals surface area (Å²) in [5.74, 6) is -0.716. The van der Waals surface area contributed by atoms with Gasteiger partial charge < -0.3 is 14.6 Å². The molecule has 9 nitrogen and oxygen atoms in total. The molecule has 0 bridgehead atoms. The van der Waals surface area contributed by atoms with Crippen molar-refractivity contribution in [2.24, 2.45) is 4.99 Å². The van der Waals surface area contributed by atoms with E-state index in [4.69, 9.17) is 4.74 Å². The van der Waals surface area contributed by atoms with Crippen molar-refractivity contribution in [1.29, 1.82) is 0 Å². The lowest BCUT2D eigenvalue weighted by atomic mass is 10.3. The molecule has 1 aromatic carbocycles. The van der Waals surface area contributed by atoms with Crippen molar-refractivity contribution in [3.05, 3.63) is 50.1 Å². The molecule has 0 aliphatic rings. The minimum atomic E-state index is -0.540. The van der Waals surface area contributed by atoms with Gasteiger partial charge in [-0.05, 0) is 31.2 Å². The average molecular weight is 434 g/mol. The van der Waals surface area contributed by atoms with E-state index in [0.29, 0.717) is 30.2 Å². The van der Waals surface area contributed by atoms with E-state index in [0.717, 1.165) is 21.6 Å². The summed E-state index contributed by atoms with van der Waals surface area (Å²) in [4.78, 5) is 39.0. The van der Waals surface area contributed by atoms with Gasteiger partial charge in [-0.25, -0.2) is 0 Å². The first kappa shape index (κ1) is 20.8. The van der Waals surface area contributed by atoms with Crippen LogP contribution in [0, 0.1) is 10.1 Å². The molecule has 29 heavy (non-hydrogen) atoms. The molecular formula is C18H18N4O5S2. The van der Waals surface area contributed by atoms with E-state index < -0.39 is 10.8 Å². The summed E-state index contributed by atoms with van der Waals surface area (Å²) in [5.41, 5.74) is 1.50. The Morgan fingerprint density at radius 3 is 2.72 bits per heavy atom. The predicted molar refractivity (Wildman–Crippen MR) is 111 cm³/mol. The van der Waals surface area contributed by atoms with Gasteiger partial charge in [0, 0.05) is 31.8 Å². The van der Waals surface area contributed by atoms with Crippen LogP contribution in [0.5, 0.6) is 0 Å². The zero-order valence-corrected chi connectivity index (χ0v) is 17.3. The van der Waals surface area contributed by atoms with Crippen LogP contribution in [-0.4, -0.2) is 34.5 Å². The number of rotatable bonds is 7. The third kappa shape index (κ3) is 4.94. The monoisotopic (exact) mass is 434 g/mol. The van der Waals surface area contributed by atoms with Crippen molar-refractivity contribution in [2.75, 3.05) is 18.5 Å². The highest BCUT2D eigenvalue weighted by atomic mass is 32.1. The van der Waals surface area contributed by atoms with Gasteiger partial charge in [0.05, 0.1) is 21.7 Å². The number of ether oxygens (including phenoxy) is 1. The number of benzene rings is 1. The highest BCUT2D eigenvalue weighted by Gasteiger charge is 2.16. The molecule has 1 N–H and O–H groups in total. The Morgan fingerprint density at radius 2 is 2.07 bits per heavy atom. The number of aromatic nitrogens is 1. The van der Waals surface area contributed by atoms with E-state index in [2.05, 4.69) is 10.3 Å². The number of carbonyl (C=O) groups is 2. The molecule has 2 heterocycles. The summed E-state index contributed by atoms with van der Waals surface area (Å²) < 4.78 is 8.15. The van der Waals surface area contributed by atoms with Crippen LogP contribution in [-0.2, 0) is 16.1 Å². The predicted octanol–water partition coefficient (Wildman–Crippen LogP) is 3.41. The maximum Gasteiger partial charge on any atom is 0.324 e. The van der Waals surface area contributed by atoms with E-state index in [9.17, 15) is 19.7 Å². The fourth-order valence-electron chi connectivity index (χ4n) is 2.64. The topological polar surface area (TPSA) is 116 Å². The van der Waals surface area contributed by atoms with Crippen LogP contribution in [0.25, 0.3) is 10.2 Å². The first-order chi connectivity index (χ1) is 13.9. The largest absolute Gasteiger partial charge is 0.380 e. The Kier molecular flexibility index (Phi) is 6.52. The lowest BCUT2D eigenvalue weighted by Gasteiger charge is -2.06. The number of nitrogens with one attached hydrogen (secondary N) is 1. The fraction of sp³-hybridized carbons (Fsp3) is 0.278.